The number of piperidine rings is 1. The Bertz CT molecular complexity index is 831. The predicted molar refractivity (Wildman–Crippen MR) is 107 cm³/mol. The van der Waals surface area contributed by atoms with E-state index in [1.54, 1.807) is 0 Å². The summed E-state index contributed by atoms with van der Waals surface area (Å²) in [6, 6.07) is 8.49. The number of hydrogen-bond acceptors (Lipinski definition) is 5. The zero-order valence-electron chi connectivity index (χ0n) is 15.7. The summed E-state index contributed by atoms with van der Waals surface area (Å²) in [7, 11) is 0. The second-order valence-electron chi connectivity index (χ2n) is 8.20. The van der Waals surface area contributed by atoms with Crippen LogP contribution in [-0.2, 0) is 4.74 Å². The van der Waals surface area contributed by atoms with Crippen LogP contribution in [0.3, 0.4) is 0 Å². The molecule has 5 rings (SSSR count). The number of nitrogens with zero attached hydrogens (tertiary/aromatic N) is 3. The fourth-order valence-corrected chi connectivity index (χ4v) is 4.90. The lowest BCUT2D eigenvalue weighted by Gasteiger charge is -2.28. The Morgan fingerprint density at radius 2 is 1.89 bits per heavy atom. The van der Waals surface area contributed by atoms with Gasteiger partial charge < -0.3 is 15.0 Å². The highest BCUT2D eigenvalue weighted by Gasteiger charge is 2.55. The van der Waals surface area contributed by atoms with E-state index in [1.807, 2.05) is 12.1 Å². The van der Waals surface area contributed by atoms with Gasteiger partial charge in [0.15, 0.2) is 0 Å². The van der Waals surface area contributed by atoms with Gasteiger partial charge in [0.1, 0.15) is 11.6 Å². The van der Waals surface area contributed by atoms with E-state index in [4.69, 9.17) is 16.3 Å². The lowest BCUT2D eigenvalue weighted by molar-refractivity contribution is 0.0540. The number of aromatic nitrogens is 2. The molecule has 0 spiro atoms. The molecule has 7 heteroatoms. The SMILES string of the molecule is Fc1ccc(Cl)c(-c2ccc(NC3C4CN(CC5CCOCC5)CC43)nn2)c1. The summed E-state index contributed by atoms with van der Waals surface area (Å²) in [5, 5.41) is 12.5. The highest BCUT2D eigenvalue weighted by Crippen LogP contribution is 2.47. The van der Waals surface area contributed by atoms with Gasteiger partial charge in [0.25, 0.3) is 0 Å². The van der Waals surface area contributed by atoms with Crippen LogP contribution < -0.4 is 5.32 Å². The summed E-state index contributed by atoms with van der Waals surface area (Å²) in [5.74, 6) is 2.65. The molecule has 0 radical (unpaired) electrons. The molecule has 2 unspecified atom stereocenters. The molecule has 5 nitrogen and oxygen atoms in total. The second kappa shape index (κ2) is 7.58. The molecule has 1 aromatic heterocycles. The van der Waals surface area contributed by atoms with Crippen LogP contribution in [0.15, 0.2) is 30.3 Å². The number of fused-ring (bicyclic) bond motifs is 1. The van der Waals surface area contributed by atoms with Crippen molar-refractivity contribution in [1.82, 2.24) is 15.1 Å². The summed E-state index contributed by atoms with van der Waals surface area (Å²) in [5.41, 5.74) is 1.14. The van der Waals surface area contributed by atoms with Crippen molar-refractivity contribution in [2.24, 2.45) is 17.8 Å². The maximum Gasteiger partial charge on any atom is 0.148 e. The first-order chi connectivity index (χ1) is 13.7. The molecule has 2 atom stereocenters. The van der Waals surface area contributed by atoms with E-state index in [2.05, 4.69) is 20.4 Å². The van der Waals surface area contributed by atoms with E-state index in [-0.39, 0.29) is 5.82 Å². The molecule has 2 aliphatic heterocycles. The number of hydrogen-bond donors (Lipinski definition) is 1. The molecule has 3 heterocycles. The Balaban J connectivity index is 1.15. The van der Waals surface area contributed by atoms with Gasteiger partial charge >= 0.3 is 0 Å². The Hall–Kier alpha value is -1.76. The van der Waals surface area contributed by atoms with Gasteiger partial charge in [-0.25, -0.2) is 4.39 Å². The summed E-state index contributed by atoms with van der Waals surface area (Å²) in [4.78, 5) is 2.62. The van der Waals surface area contributed by atoms with Crippen molar-refractivity contribution in [3.05, 3.63) is 41.2 Å². The Morgan fingerprint density at radius 3 is 2.61 bits per heavy atom. The molecule has 1 aromatic carbocycles. The molecule has 1 saturated carbocycles. The third-order valence-corrected chi connectivity index (χ3v) is 6.64. The molecule has 1 N–H and O–H groups in total. The smallest absolute Gasteiger partial charge is 0.148 e. The molecule has 0 amide bonds. The number of rotatable bonds is 5. The van der Waals surface area contributed by atoms with E-state index < -0.39 is 0 Å². The van der Waals surface area contributed by atoms with Crippen LogP contribution in [0, 0.1) is 23.6 Å². The fourth-order valence-electron chi connectivity index (χ4n) is 4.69. The average Bonchev–Trinajstić information content (AvgIpc) is 3.15. The van der Waals surface area contributed by atoms with Crippen molar-refractivity contribution in [2.75, 3.05) is 38.2 Å². The third kappa shape index (κ3) is 3.73. The molecule has 1 aliphatic carbocycles. The lowest BCUT2D eigenvalue weighted by Crippen LogP contribution is -2.34. The van der Waals surface area contributed by atoms with Gasteiger partial charge in [-0.3, -0.25) is 0 Å². The molecule has 3 fully saturated rings. The van der Waals surface area contributed by atoms with Crippen LogP contribution >= 0.6 is 11.6 Å². The van der Waals surface area contributed by atoms with Gasteiger partial charge in [-0.1, -0.05) is 11.6 Å². The van der Waals surface area contributed by atoms with Gasteiger partial charge in [-0.05, 0) is 60.9 Å². The van der Waals surface area contributed by atoms with Crippen molar-refractivity contribution in [2.45, 2.75) is 18.9 Å². The summed E-state index contributed by atoms with van der Waals surface area (Å²) >= 11 is 6.15. The van der Waals surface area contributed by atoms with Crippen molar-refractivity contribution < 1.29 is 9.13 Å². The second-order valence-corrected chi connectivity index (χ2v) is 8.61. The molecule has 2 aromatic rings. The highest BCUT2D eigenvalue weighted by molar-refractivity contribution is 6.33. The summed E-state index contributed by atoms with van der Waals surface area (Å²) in [6.45, 7) is 5.40. The van der Waals surface area contributed by atoms with Crippen LogP contribution in [0.4, 0.5) is 10.2 Å². The molecular weight excluding hydrogens is 379 g/mol. The van der Waals surface area contributed by atoms with Gasteiger partial charge in [-0.15, -0.1) is 10.2 Å². The number of nitrogens with one attached hydrogen (secondary N) is 1. The van der Waals surface area contributed by atoms with Gasteiger partial charge in [0.05, 0.1) is 10.7 Å². The zero-order valence-corrected chi connectivity index (χ0v) is 16.4. The molecular formula is C21H24ClFN4O. The fraction of sp³-hybridized carbons (Fsp3) is 0.524. The van der Waals surface area contributed by atoms with Gasteiger partial charge in [0, 0.05) is 44.5 Å². The minimum absolute atomic E-state index is 0.334. The maximum absolute atomic E-state index is 13.5. The van der Waals surface area contributed by atoms with Crippen LogP contribution in [0.25, 0.3) is 11.3 Å². The number of benzene rings is 1. The van der Waals surface area contributed by atoms with Crippen molar-refractivity contribution in [1.29, 1.82) is 0 Å². The topological polar surface area (TPSA) is 50.3 Å². The van der Waals surface area contributed by atoms with Crippen LogP contribution in [0.5, 0.6) is 0 Å². The van der Waals surface area contributed by atoms with Crippen molar-refractivity contribution in [3.63, 3.8) is 0 Å². The zero-order chi connectivity index (χ0) is 19.1. The van der Waals surface area contributed by atoms with Gasteiger partial charge in [-0.2, -0.15) is 0 Å². The maximum atomic E-state index is 13.5. The minimum atomic E-state index is -0.334. The summed E-state index contributed by atoms with van der Waals surface area (Å²) in [6.07, 6.45) is 2.40. The first kappa shape index (κ1) is 18.3. The predicted octanol–water partition coefficient (Wildman–Crippen LogP) is 3.70. The number of halogens is 2. The number of ether oxygens (including phenoxy) is 1. The van der Waals surface area contributed by atoms with E-state index in [0.29, 0.717) is 34.2 Å². The lowest BCUT2D eigenvalue weighted by atomic mass is 10.00. The van der Waals surface area contributed by atoms with Crippen LogP contribution in [0.2, 0.25) is 5.02 Å². The minimum Gasteiger partial charge on any atom is -0.381 e. The largest absolute Gasteiger partial charge is 0.381 e. The first-order valence-electron chi connectivity index (χ1n) is 10.0. The van der Waals surface area contributed by atoms with Crippen molar-refractivity contribution >= 4 is 17.4 Å². The molecule has 0 bridgehead atoms. The summed E-state index contributed by atoms with van der Waals surface area (Å²) < 4.78 is 18.9. The van der Waals surface area contributed by atoms with E-state index in [1.165, 1.54) is 50.7 Å². The molecule has 2 saturated heterocycles. The first-order valence-corrected chi connectivity index (χ1v) is 10.4. The third-order valence-electron chi connectivity index (χ3n) is 6.31. The molecule has 148 valence electrons. The quantitative estimate of drug-likeness (QED) is 0.826. The normalized spacial score (nSPS) is 27.6. The van der Waals surface area contributed by atoms with Crippen LogP contribution in [0.1, 0.15) is 12.8 Å². The van der Waals surface area contributed by atoms with Crippen LogP contribution in [-0.4, -0.2) is 54.0 Å². The van der Waals surface area contributed by atoms with Crippen molar-refractivity contribution in [3.8, 4) is 11.3 Å². The number of anilines is 1. The standard InChI is InChI=1S/C21H24ClFN4O/c22-18-2-1-14(23)9-15(18)19-3-4-20(26-25-19)24-21-16-11-27(12-17(16)21)10-13-5-7-28-8-6-13/h1-4,9,13,16-17,21H,5-8,10-12H2,(H,24,26). The monoisotopic (exact) mass is 402 g/mol. The van der Waals surface area contributed by atoms with E-state index in [0.717, 1.165) is 24.9 Å². The van der Waals surface area contributed by atoms with E-state index in [9.17, 15) is 4.39 Å². The Kier molecular flexibility index (Phi) is 4.95. The Morgan fingerprint density at radius 1 is 1.11 bits per heavy atom. The van der Waals surface area contributed by atoms with E-state index >= 15 is 0 Å². The molecule has 3 aliphatic rings. The molecule has 28 heavy (non-hydrogen) atoms. The van der Waals surface area contributed by atoms with Gasteiger partial charge in [0.2, 0.25) is 0 Å². The average molecular weight is 403 g/mol. The number of likely N-dealkylation sites (tertiary alicyclic amines) is 1. The highest BCUT2D eigenvalue weighted by atomic mass is 35.5. The Labute approximate surface area is 169 Å².